The summed E-state index contributed by atoms with van der Waals surface area (Å²) in [5, 5.41) is 0. The van der Waals surface area contributed by atoms with Crippen LogP contribution in [-0.2, 0) is 13.7 Å². The second-order valence-electron chi connectivity index (χ2n) is 0.297. The van der Waals surface area contributed by atoms with Gasteiger partial charge in [-0.25, -0.2) is 0 Å². The van der Waals surface area contributed by atoms with Crippen molar-refractivity contribution in [2.75, 3.05) is 0 Å². The summed E-state index contributed by atoms with van der Waals surface area (Å²) in [6.45, 7) is 0. The van der Waals surface area contributed by atoms with Crippen molar-refractivity contribution >= 4 is 30.4 Å². The van der Waals surface area contributed by atoms with E-state index < -0.39 is 9.84 Å². The van der Waals surface area contributed by atoms with Gasteiger partial charge in [0.15, 0.2) is 0 Å². The Bertz CT molecular complexity index is 53.0. The van der Waals surface area contributed by atoms with Crippen LogP contribution in [0.2, 0.25) is 0 Å². The van der Waals surface area contributed by atoms with Gasteiger partial charge in [-0.15, -0.1) is 0 Å². The van der Waals surface area contributed by atoms with E-state index in [2.05, 4.69) is 30.4 Å². The van der Waals surface area contributed by atoms with Crippen molar-refractivity contribution in [2.24, 2.45) is 0 Å². The maximum atomic E-state index is 9.51. The fourth-order valence-corrected chi connectivity index (χ4v) is 0. The molecular formula is Cl3CoO. The molecule has 0 saturated carbocycles. The molecule has 0 bridgehead atoms. The molecule has 0 aromatic carbocycles. The SMILES string of the molecule is [O]=[Co]([Cl])([Cl])[Cl]. The number of hydrogen-bond donors (Lipinski definition) is 0. The van der Waals surface area contributed by atoms with Crippen molar-refractivity contribution in [1.82, 2.24) is 0 Å². The van der Waals surface area contributed by atoms with E-state index in [1.807, 2.05) is 0 Å². The van der Waals surface area contributed by atoms with E-state index in [0.29, 0.717) is 0 Å². The Morgan fingerprint density at radius 3 is 1.20 bits per heavy atom. The zero-order chi connectivity index (χ0) is 4.50. The first-order valence-electron chi connectivity index (χ1n) is 0.514. The van der Waals surface area contributed by atoms with Gasteiger partial charge in [-0.05, 0) is 0 Å². The standard InChI is InChI=1S/3ClH.Co.O/h3*1H;;/q;;;+3;/p-3. The third-order valence-electron chi connectivity index (χ3n) is 0. The summed E-state index contributed by atoms with van der Waals surface area (Å²) in [6, 6.07) is 0. The van der Waals surface area contributed by atoms with Gasteiger partial charge < -0.3 is 0 Å². The van der Waals surface area contributed by atoms with Gasteiger partial charge in [-0.3, -0.25) is 0 Å². The summed E-state index contributed by atoms with van der Waals surface area (Å²) in [7, 11) is 10.6. The van der Waals surface area contributed by atoms with Crippen LogP contribution in [-0.4, -0.2) is 0 Å². The van der Waals surface area contributed by atoms with Crippen molar-refractivity contribution in [3.05, 3.63) is 0 Å². The number of halogens is 3. The summed E-state index contributed by atoms with van der Waals surface area (Å²) >= 11 is 0. The van der Waals surface area contributed by atoms with Gasteiger partial charge >= 0.3 is 44.1 Å². The first-order chi connectivity index (χ1) is 2.00. The van der Waals surface area contributed by atoms with Crippen LogP contribution in [0.5, 0.6) is 0 Å². The molecule has 0 aromatic rings. The Labute approximate surface area is 44.3 Å². The molecule has 0 unspecified atom stereocenters. The van der Waals surface area contributed by atoms with E-state index in [4.69, 9.17) is 0 Å². The van der Waals surface area contributed by atoms with Gasteiger partial charge in [-0.1, -0.05) is 0 Å². The van der Waals surface area contributed by atoms with Gasteiger partial charge in [0, 0.05) is 0 Å². The summed E-state index contributed by atoms with van der Waals surface area (Å²) < 4.78 is 9.51. The minimum atomic E-state index is -3.21. The van der Waals surface area contributed by atoms with Crippen molar-refractivity contribution in [3.8, 4) is 0 Å². The van der Waals surface area contributed by atoms with Gasteiger partial charge in [0.05, 0.1) is 0 Å². The maximum absolute atomic E-state index is 9.51. The number of hydrogen-bond acceptors (Lipinski definition) is 1. The molecule has 0 atom stereocenters. The van der Waals surface area contributed by atoms with Crippen molar-refractivity contribution in [2.45, 2.75) is 0 Å². The summed E-state index contributed by atoms with van der Waals surface area (Å²) in [6.07, 6.45) is 0. The fourth-order valence-electron chi connectivity index (χ4n) is 0. The molecule has 0 aliphatic rings. The molecule has 1 nitrogen and oxygen atoms in total. The topological polar surface area (TPSA) is 17.1 Å². The molecule has 0 rings (SSSR count). The second kappa shape index (κ2) is 1.75. The molecule has 0 spiro atoms. The molecule has 0 radical (unpaired) electrons. The summed E-state index contributed by atoms with van der Waals surface area (Å²) in [5.41, 5.74) is 0. The molecule has 0 aliphatic carbocycles. The summed E-state index contributed by atoms with van der Waals surface area (Å²) in [4.78, 5) is 0. The molecule has 0 saturated heterocycles. The predicted molar refractivity (Wildman–Crippen MR) is 18.2 cm³/mol. The molecule has 0 heterocycles. The van der Waals surface area contributed by atoms with Gasteiger partial charge in [0.1, 0.15) is 0 Å². The van der Waals surface area contributed by atoms with Crippen LogP contribution in [0, 0.1) is 0 Å². The molecule has 0 amide bonds. The third-order valence-corrected chi connectivity index (χ3v) is 0. The molecule has 5 heavy (non-hydrogen) atoms. The zero-order valence-corrected chi connectivity index (χ0v) is 5.18. The Hall–Kier alpha value is 1.18. The van der Waals surface area contributed by atoms with E-state index in [9.17, 15) is 3.87 Å². The van der Waals surface area contributed by atoms with Crippen LogP contribution in [0.15, 0.2) is 0 Å². The van der Waals surface area contributed by atoms with E-state index in [-0.39, 0.29) is 0 Å². The van der Waals surface area contributed by atoms with Crippen LogP contribution < -0.4 is 0 Å². The Balaban J connectivity index is 3.47. The fraction of sp³-hybridized carbons (Fsp3) is 0. The molecular weight excluding hydrogens is 181 g/mol. The van der Waals surface area contributed by atoms with Crippen LogP contribution >= 0.6 is 30.4 Å². The Morgan fingerprint density at radius 1 is 1.20 bits per heavy atom. The molecule has 5 heteroatoms. The van der Waals surface area contributed by atoms with Crippen molar-refractivity contribution in [1.29, 1.82) is 0 Å². The first kappa shape index (κ1) is 6.18. The molecule has 0 aliphatic heterocycles. The minimum absolute atomic E-state index is 3.21. The first-order valence-corrected chi connectivity index (χ1v) is 5.24. The van der Waals surface area contributed by atoms with E-state index in [0.717, 1.165) is 0 Å². The average molecular weight is 181 g/mol. The van der Waals surface area contributed by atoms with Crippen LogP contribution in [0.1, 0.15) is 0 Å². The second-order valence-corrected chi connectivity index (χ2v) is 7.21. The van der Waals surface area contributed by atoms with Crippen LogP contribution in [0.3, 0.4) is 0 Å². The zero-order valence-electron chi connectivity index (χ0n) is 1.88. The quantitative estimate of drug-likeness (QED) is 0.558. The number of rotatable bonds is 0. The molecule has 0 N–H and O–H groups in total. The molecule has 36 valence electrons. The van der Waals surface area contributed by atoms with Gasteiger partial charge in [0.2, 0.25) is 0 Å². The third kappa shape index (κ3) is 37.7. The monoisotopic (exact) mass is 180 g/mol. The van der Waals surface area contributed by atoms with E-state index >= 15 is 0 Å². The Morgan fingerprint density at radius 2 is 1.20 bits per heavy atom. The Kier molecular flexibility index (Phi) is 2.17. The van der Waals surface area contributed by atoms with E-state index in [1.165, 1.54) is 0 Å². The molecule has 0 aromatic heterocycles. The van der Waals surface area contributed by atoms with Crippen LogP contribution in [0.25, 0.3) is 0 Å². The predicted octanol–water partition coefficient (Wildman–Crippen LogP) is 1.95. The van der Waals surface area contributed by atoms with E-state index in [1.54, 1.807) is 0 Å². The molecule has 0 fully saturated rings. The van der Waals surface area contributed by atoms with Gasteiger partial charge in [0.25, 0.3) is 0 Å². The van der Waals surface area contributed by atoms with Crippen LogP contribution in [0.4, 0.5) is 0 Å². The van der Waals surface area contributed by atoms with Crippen molar-refractivity contribution in [3.63, 3.8) is 0 Å². The average Bonchev–Trinajstić information content (AvgIpc) is 0.722. The normalized spacial score (nSPS) is 15.0. The summed E-state index contributed by atoms with van der Waals surface area (Å²) in [5.74, 6) is 0. The van der Waals surface area contributed by atoms with Gasteiger partial charge in [-0.2, -0.15) is 0 Å². The van der Waals surface area contributed by atoms with Crippen molar-refractivity contribution < 1.29 is 13.7 Å².